The predicted molar refractivity (Wildman–Crippen MR) is 71.3 cm³/mol. The van der Waals surface area contributed by atoms with Crippen molar-refractivity contribution in [3.05, 3.63) is 58.9 Å². The third-order valence-corrected chi connectivity index (χ3v) is 4.37. The molecule has 19 heavy (non-hydrogen) atoms. The van der Waals surface area contributed by atoms with E-state index in [1.807, 2.05) is 6.07 Å². The van der Waals surface area contributed by atoms with E-state index in [9.17, 15) is 8.42 Å². The van der Waals surface area contributed by atoms with Gasteiger partial charge < -0.3 is 0 Å². The molecule has 0 aliphatic heterocycles. The highest BCUT2D eigenvalue weighted by molar-refractivity contribution is 7.90. The third kappa shape index (κ3) is 3.31. The summed E-state index contributed by atoms with van der Waals surface area (Å²) in [5, 5.41) is 9.10. The van der Waals surface area contributed by atoms with Gasteiger partial charge in [-0.3, -0.25) is 0 Å². The zero-order valence-electron chi connectivity index (χ0n) is 9.75. The predicted octanol–water partition coefficient (Wildman–Crippen LogP) is 2.58. The van der Waals surface area contributed by atoms with Gasteiger partial charge in [0.2, 0.25) is 0 Å². The first-order valence-corrected chi connectivity index (χ1v) is 7.38. The Labute approximate surface area is 116 Å². The lowest BCUT2D eigenvalue weighted by molar-refractivity contribution is 0.595. The zero-order chi connectivity index (χ0) is 13.9. The molecule has 0 saturated heterocycles. The van der Waals surface area contributed by atoms with Crippen molar-refractivity contribution in [3.8, 4) is 6.07 Å². The van der Waals surface area contributed by atoms with Crippen LogP contribution in [0.15, 0.2) is 47.5 Å². The fourth-order valence-electron chi connectivity index (χ4n) is 1.59. The normalized spacial score (nSPS) is 10.9. The summed E-state index contributed by atoms with van der Waals surface area (Å²) >= 11 is 5.78. The summed E-state index contributed by atoms with van der Waals surface area (Å²) in [7, 11) is -3.48. The van der Waals surface area contributed by atoms with E-state index in [1.54, 1.807) is 18.2 Å². The molecule has 1 aromatic carbocycles. The molecule has 2 rings (SSSR count). The highest BCUT2D eigenvalue weighted by Gasteiger charge is 2.16. The first kappa shape index (κ1) is 13.5. The van der Waals surface area contributed by atoms with Gasteiger partial charge in [0.25, 0.3) is 0 Å². The summed E-state index contributed by atoms with van der Waals surface area (Å²) in [4.78, 5) is 3.96. The van der Waals surface area contributed by atoms with Crippen LogP contribution in [0.2, 0.25) is 5.02 Å². The van der Waals surface area contributed by atoms with Crippen molar-refractivity contribution in [1.29, 1.82) is 5.26 Å². The number of halogens is 1. The van der Waals surface area contributed by atoms with Crippen LogP contribution >= 0.6 is 11.6 Å². The standard InChI is InChI=1S/C13H9ClN2O2S/c14-11-2-1-3-13(7-11)19(17,18)9-10-4-5-16-12(6-10)8-15/h1-7H,9H2. The summed E-state index contributed by atoms with van der Waals surface area (Å²) in [5.41, 5.74) is 0.713. The third-order valence-electron chi connectivity index (χ3n) is 2.45. The van der Waals surface area contributed by atoms with Crippen molar-refractivity contribution >= 4 is 21.4 Å². The van der Waals surface area contributed by atoms with Gasteiger partial charge in [-0.05, 0) is 35.9 Å². The van der Waals surface area contributed by atoms with Gasteiger partial charge in [0.1, 0.15) is 11.8 Å². The van der Waals surface area contributed by atoms with Crippen LogP contribution in [0.4, 0.5) is 0 Å². The fourth-order valence-corrected chi connectivity index (χ4v) is 3.22. The fraction of sp³-hybridized carbons (Fsp3) is 0.0769. The number of nitriles is 1. The van der Waals surface area contributed by atoms with Gasteiger partial charge in [-0.25, -0.2) is 13.4 Å². The van der Waals surface area contributed by atoms with E-state index in [-0.39, 0.29) is 16.3 Å². The first-order chi connectivity index (χ1) is 9.01. The van der Waals surface area contributed by atoms with Crippen molar-refractivity contribution in [2.75, 3.05) is 0 Å². The number of nitrogens with zero attached hydrogens (tertiary/aromatic N) is 2. The van der Waals surface area contributed by atoms with E-state index < -0.39 is 9.84 Å². The SMILES string of the molecule is N#Cc1cc(CS(=O)(=O)c2cccc(Cl)c2)ccn1. The quantitative estimate of drug-likeness (QED) is 0.872. The minimum absolute atomic E-state index is 0.162. The minimum Gasteiger partial charge on any atom is -0.246 e. The molecule has 0 saturated carbocycles. The van der Waals surface area contributed by atoms with Gasteiger partial charge in [-0.15, -0.1) is 0 Å². The molecule has 4 nitrogen and oxygen atoms in total. The Kier molecular flexibility index (Phi) is 3.84. The van der Waals surface area contributed by atoms with Crippen molar-refractivity contribution < 1.29 is 8.42 Å². The van der Waals surface area contributed by atoms with E-state index in [4.69, 9.17) is 16.9 Å². The van der Waals surface area contributed by atoms with Crippen molar-refractivity contribution in [3.63, 3.8) is 0 Å². The van der Waals surface area contributed by atoms with Crippen molar-refractivity contribution in [2.24, 2.45) is 0 Å². The largest absolute Gasteiger partial charge is 0.246 e. The van der Waals surface area contributed by atoms with Crippen LogP contribution in [-0.2, 0) is 15.6 Å². The Balaban J connectivity index is 2.34. The molecule has 0 spiro atoms. The van der Waals surface area contributed by atoms with Crippen molar-refractivity contribution in [1.82, 2.24) is 4.98 Å². The van der Waals surface area contributed by atoms with Crippen LogP contribution in [-0.4, -0.2) is 13.4 Å². The van der Waals surface area contributed by atoms with Crippen LogP contribution < -0.4 is 0 Å². The number of sulfone groups is 1. The molecule has 0 N–H and O–H groups in total. The molecular weight excluding hydrogens is 284 g/mol. The highest BCUT2D eigenvalue weighted by Crippen LogP contribution is 2.20. The van der Waals surface area contributed by atoms with Gasteiger partial charge >= 0.3 is 0 Å². The summed E-state index contributed by atoms with van der Waals surface area (Å²) in [6.45, 7) is 0. The van der Waals surface area contributed by atoms with E-state index in [1.165, 1.54) is 24.4 Å². The highest BCUT2D eigenvalue weighted by atomic mass is 35.5. The number of hydrogen-bond acceptors (Lipinski definition) is 4. The molecule has 0 atom stereocenters. The van der Waals surface area contributed by atoms with Gasteiger partial charge in [-0.1, -0.05) is 17.7 Å². The maximum absolute atomic E-state index is 12.2. The molecule has 0 aliphatic rings. The molecule has 2 aromatic rings. The number of aromatic nitrogens is 1. The van der Waals surface area contributed by atoms with Crippen LogP contribution in [0.1, 0.15) is 11.3 Å². The minimum atomic E-state index is -3.48. The molecule has 6 heteroatoms. The molecule has 1 heterocycles. The first-order valence-electron chi connectivity index (χ1n) is 5.34. The lowest BCUT2D eigenvalue weighted by Crippen LogP contribution is -2.05. The average molecular weight is 293 g/mol. The second kappa shape index (κ2) is 5.39. The molecular formula is C13H9ClN2O2S. The summed E-state index contributed by atoms with van der Waals surface area (Å²) in [6.07, 6.45) is 1.42. The molecule has 0 radical (unpaired) electrons. The second-order valence-electron chi connectivity index (χ2n) is 3.88. The van der Waals surface area contributed by atoms with Gasteiger partial charge in [-0.2, -0.15) is 5.26 Å². The van der Waals surface area contributed by atoms with Gasteiger partial charge in [0.05, 0.1) is 10.6 Å². The number of rotatable bonds is 3. The Morgan fingerprint density at radius 3 is 2.74 bits per heavy atom. The second-order valence-corrected chi connectivity index (χ2v) is 6.30. The summed E-state index contributed by atoms with van der Waals surface area (Å²) in [5.74, 6) is -0.190. The zero-order valence-corrected chi connectivity index (χ0v) is 11.3. The molecule has 1 aromatic heterocycles. The Morgan fingerprint density at radius 1 is 1.26 bits per heavy atom. The van der Waals surface area contributed by atoms with Crippen LogP contribution in [0, 0.1) is 11.3 Å². The molecule has 0 bridgehead atoms. The van der Waals surface area contributed by atoms with Crippen molar-refractivity contribution in [2.45, 2.75) is 10.6 Å². The van der Waals surface area contributed by atoms with Crippen LogP contribution in [0.25, 0.3) is 0 Å². The molecule has 0 unspecified atom stereocenters. The lowest BCUT2D eigenvalue weighted by atomic mass is 10.2. The van der Waals surface area contributed by atoms with Crippen LogP contribution in [0.3, 0.4) is 0 Å². The molecule has 0 fully saturated rings. The smallest absolute Gasteiger partial charge is 0.182 e. The number of pyridine rings is 1. The average Bonchev–Trinajstić information content (AvgIpc) is 2.38. The number of hydrogen-bond donors (Lipinski definition) is 0. The topological polar surface area (TPSA) is 70.8 Å². The molecule has 0 amide bonds. The Hall–Kier alpha value is -1.90. The monoisotopic (exact) mass is 292 g/mol. The Morgan fingerprint density at radius 2 is 2.05 bits per heavy atom. The molecule has 0 aliphatic carbocycles. The molecule has 96 valence electrons. The van der Waals surface area contributed by atoms with Crippen LogP contribution in [0.5, 0.6) is 0 Å². The number of benzene rings is 1. The summed E-state index contributed by atoms with van der Waals surface area (Å²) < 4.78 is 24.4. The lowest BCUT2D eigenvalue weighted by Gasteiger charge is -2.05. The van der Waals surface area contributed by atoms with E-state index in [0.29, 0.717) is 10.6 Å². The summed E-state index contributed by atoms with van der Waals surface area (Å²) in [6, 6.07) is 11.0. The van der Waals surface area contributed by atoms with E-state index >= 15 is 0 Å². The van der Waals surface area contributed by atoms with E-state index in [2.05, 4.69) is 4.98 Å². The Bertz CT molecular complexity index is 751. The van der Waals surface area contributed by atoms with Gasteiger partial charge in [0, 0.05) is 11.2 Å². The van der Waals surface area contributed by atoms with Gasteiger partial charge in [0.15, 0.2) is 9.84 Å². The van der Waals surface area contributed by atoms with E-state index in [0.717, 1.165) is 0 Å². The maximum atomic E-state index is 12.2. The maximum Gasteiger partial charge on any atom is 0.182 e.